The van der Waals surface area contributed by atoms with Crippen molar-refractivity contribution >= 4 is 0 Å². The van der Waals surface area contributed by atoms with Crippen LogP contribution in [0.4, 0.5) is 0 Å². The Hall–Kier alpha value is -1.42. The van der Waals surface area contributed by atoms with Crippen LogP contribution in [-0.2, 0) is 14.2 Å². The maximum absolute atomic E-state index is 10.2. The summed E-state index contributed by atoms with van der Waals surface area (Å²) in [4.78, 5) is 0. The van der Waals surface area contributed by atoms with Crippen molar-refractivity contribution in [3.8, 4) is 12.3 Å². The van der Waals surface area contributed by atoms with Crippen molar-refractivity contribution in [2.75, 3.05) is 7.11 Å². The fourth-order valence-electron chi connectivity index (χ4n) is 2.39. The number of ether oxygens (including phenoxy) is 3. The second-order valence-electron chi connectivity index (χ2n) is 4.98. The Morgan fingerprint density at radius 1 is 1.24 bits per heavy atom. The Bertz CT molecular complexity index is 483. The Morgan fingerprint density at radius 2 is 1.90 bits per heavy atom. The van der Waals surface area contributed by atoms with Gasteiger partial charge in [0.1, 0.15) is 24.4 Å². The van der Waals surface area contributed by atoms with Gasteiger partial charge in [0.05, 0.1) is 6.10 Å². The summed E-state index contributed by atoms with van der Waals surface area (Å²) < 4.78 is 16.3. The highest BCUT2D eigenvalue weighted by Crippen LogP contribution is 2.28. The maximum Gasteiger partial charge on any atom is 0.186 e. The molecule has 0 bridgehead atoms. The fraction of sp³-hybridized carbons (Fsp3) is 0.500. The van der Waals surface area contributed by atoms with Gasteiger partial charge in [-0.3, -0.25) is 0 Å². The molecule has 0 aromatic heterocycles. The van der Waals surface area contributed by atoms with Gasteiger partial charge in [0.15, 0.2) is 6.29 Å². The van der Waals surface area contributed by atoms with E-state index in [0.29, 0.717) is 0 Å². The van der Waals surface area contributed by atoms with Crippen molar-refractivity contribution in [1.29, 1.82) is 0 Å². The Labute approximate surface area is 124 Å². The van der Waals surface area contributed by atoms with Crippen LogP contribution in [0.5, 0.6) is 0 Å². The minimum absolute atomic E-state index is 0.465. The maximum atomic E-state index is 10.2. The van der Waals surface area contributed by atoms with Gasteiger partial charge in [-0.05, 0) is 12.5 Å². The van der Waals surface area contributed by atoms with Crippen LogP contribution in [0.2, 0.25) is 0 Å². The molecule has 5 nitrogen and oxygen atoms in total. The number of rotatable bonds is 4. The van der Waals surface area contributed by atoms with E-state index in [2.05, 4.69) is 5.92 Å². The Morgan fingerprint density at radius 3 is 2.48 bits per heavy atom. The van der Waals surface area contributed by atoms with E-state index in [9.17, 15) is 10.2 Å². The van der Waals surface area contributed by atoms with E-state index in [1.54, 1.807) is 6.92 Å². The summed E-state index contributed by atoms with van der Waals surface area (Å²) in [5.74, 6) is 2.55. The molecule has 1 aliphatic rings. The van der Waals surface area contributed by atoms with Crippen LogP contribution in [-0.4, -0.2) is 48.0 Å². The van der Waals surface area contributed by atoms with E-state index in [1.165, 1.54) is 7.11 Å². The second kappa shape index (κ2) is 7.03. The predicted octanol–water partition coefficient (Wildman–Crippen LogP) is 0.859. The summed E-state index contributed by atoms with van der Waals surface area (Å²) in [5, 5.41) is 20.1. The fourth-order valence-corrected chi connectivity index (χ4v) is 2.39. The normalized spacial score (nSPS) is 34.1. The lowest BCUT2D eigenvalue weighted by molar-refractivity contribution is -0.296. The van der Waals surface area contributed by atoms with Gasteiger partial charge in [-0.15, -0.1) is 6.42 Å². The van der Waals surface area contributed by atoms with E-state index >= 15 is 0 Å². The number of aliphatic hydroxyl groups excluding tert-OH is 2. The van der Waals surface area contributed by atoms with Gasteiger partial charge >= 0.3 is 0 Å². The number of aliphatic hydroxyl groups is 2. The number of methoxy groups -OCH3 is 1. The molecule has 6 atom stereocenters. The van der Waals surface area contributed by atoms with Crippen LogP contribution < -0.4 is 0 Å². The smallest absolute Gasteiger partial charge is 0.186 e. The summed E-state index contributed by atoms with van der Waals surface area (Å²) in [6, 6.07) is 9.29. The monoisotopic (exact) mass is 292 g/mol. The molecular formula is C16H20O5. The van der Waals surface area contributed by atoms with E-state index in [4.69, 9.17) is 20.6 Å². The quantitative estimate of drug-likeness (QED) is 0.806. The first-order valence-corrected chi connectivity index (χ1v) is 6.79. The Kier molecular flexibility index (Phi) is 5.34. The first-order chi connectivity index (χ1) is 10.1. The molecule has 1 fully saturated rings. The molecule has 21 heavy (non-hydrogen) atoms. The average molecular weight is 292 g/mol. The molecular weight excluding hydrogens is 272 g/mol. The van der Waals surface area contributed by atoms with E-state index in [0.717, 1.165) is 5.56 Å². The zero-order valence-electron chi connectivity index (χ0n) is 12.0. The van der Waals surface area contributed by atoms with Crippen molar-refractivity contribution in [3.05, 3.63) is 35.9 Å². The van der Waals surface area contributed by atoms with Crippen LogP contribution in [0, 0.1) is 12.3 Å². The van der Waals surface area contributed by atoms with Gasteiger partial charge in [0.2, 0.25) is 0 Å². The highest BCUT2D eigenvalue weighted by Gasteiger charge is 2.44. The molecule has 0 amide bonds. The first-order valence-electron chi connectivity index (χ1n) is 6.79. The summed E-state index contributed by atoms with van der Waals surface area (Å²) >= 11 is 0. The average Bonchev–Trinajstić information content (AvgIpc) is 2.52. The molecule has 0 saturated carbocycles. The molecule has 1 unspecified atom stereocenters. The topological polar surface area (TPSA) is 68.2 Å². The van der Waals surface area contributed by atoms with Crippen molar-refractivity contribution in [1.82, 2.24) is 0 Å². The van der Waals surface area contributed by atoms with E-state index in [-0.39, 0.29) is 0 Å². The lowest BCUT2D eigenvalue weighted by atomic mass is 9.99. The minimum Gasteiger partial charge on any atom is -0.387 e. The van der Waals surface area contributed by atoms with Crippen LogP contribution >= 0.6 is 0 Å². The summed E-state index contributed by atoms with van der Waals surface area (Å²) in [7, 11) is 1.41. The van der Waals surface area contributed by atoms with E-state index in [1.807, 2.05) is 30.3 Å². The highest BCUT2D eigenvalue weighted by molar-refractivity contribution is 5.23. The van der Waals surface area contributed by atoms with Gasteiger partial charge in [-0.1, -0.05) is 36.3 Å². The van der Waals surface area contributed by atoms with Crippen molar-refractivity contribution < 1.29 is 24.4 Å². The third-order valence-electron chi connectivity index (χ3n) is 3.56. The van der Waals surface area contributed by atoms with Crippen molar-refractivity contribution in [3.63, 3.8) is 0 Å². The summed E-state index contributed by atoms with van der Waals surface area (Å²) in [6.45, 7) is 1.74. The molecule has 1 heterocycles. The zero-order valence-corrected chi connectivity index (χ0v) is 12.0. The van der Waals surface area contributed by atoms with Crippen molar-refractivity contribution in [2.45, 2.75) is 43.7 Å². The van der Waals surface area contributed by atoms with Gasteiger partial charge in [0.25, 0.3) is 0 Å². The minimum atomic E-state index is -1.19. The van der Waals surface area contributed by atoms with Gasteiger partial charge < -0.3 is 24.4 Å². The largest absolute Gasteiger partial charge is 0.387 e. The lowest BCUT2D eigenvalue weighted by Gasteiger charge is -2.41. The van der Waals surface area contributed by atoms with Crippen LogP contribution in [0.15, 0.2) is 30.3 Å². The number of hydrogen-bond donors (Lipinski definition) is 2. The lowest BCUT2D eigenvalue weighted by Crippen LogP contribution is -2.58. The van der Waals surface area contributed by atoms with Crippen LogP contribution in [0.1, 0.15) is 18.6 Å². The molecule has 0 spiro atoms. The second-order valence-corrected chi connectivity index (χ2v) is 4.98. The SMILES string of the molecule is C#CC(O[C@H]1[C@@H](O)[C@H](O)[C@H](OC)O[C@H]1C)c1ccccc1. The molecule has 5 heteroatoms. The molecule has 2 rings (SSSR count). The highest BCUT2D eigenvalue weighted by atomic mass is 16.7. The molecule has 1 aromatic carbocycles. The third kappa shape index (κ3) is 3.43. The predicted molar refractivity (Wildman–Crippen MR) is 76.2 cm³/mol. The molecule has 2 N–H and O–H groups in total. The van der Waals surface area contributed by atoms with Gasteiger partial charge in [0, 0.05) is 7.11 Å². The number of terminal acetylenes is 1. The molecule has 1 saturated heterocycles. The molecule has 0 aliphatic carbocycles. The van der Waals surface area contributed by atoms with E-state index < -0.39 is 36.8 Å². The van der Waals surface area contributed by atoms with Gasteiger partial charge in [-0.25, -0.2) is 0 Å². The molecule has 0 radical (unpaired) electrons. The number of benzene rings is 1. The first kappa shape index (κ1) is 16.0. The zero-order chi connectivity index (χ0) is 15.4. The van der Waals surface area contributed by atoms with Crippen molar-refractivity contribution in [2.24, 2.45) is 0 Å². The van der Waals surface area contributed by atoms with Crippen LogP contribution in [0.3, 0.4) is 0 Å². The molecule has 114 valence electrons. The molecule has 1 aliphatic heterocycles. The number of hydrogen-bond acceptors (Lipinski definition) is 5. The summed E-state index contributed by atoms with van der Waals surface area (Å²) in [5.41, 5.74) is 0.808. The molecule has 1 aromatic rings. The summed E-state index contributed by atoms with van der Waals surface area (Å²) in [6.07, 6.45) is 0.478. The third-order valence-corrected chi connectivity index (χ3v) is 3.56. The van der Waals surface area contributed by atoms with Gasteiger partial charge in [-0.2, -0.15) is 0 Å². The Balaban J connectivity index is 2.12. The van der Waals surface area contributed by atoms with Crippen LogP contribution in [0.25, 0.3) is 0 Å². The standard InChI is InChI=1S/C16H20O5/c1-4-12(11-8-6-5-7-9-11)21-15-10(2)20-16(19-3)14(18)13(15)17/h1,5-10,12-18H,2-3H3/t10-,12?,13-,14-,15+,16+/m0/s1.